The molecule has 1 aromatic heterocycles. The molecule has 5 heteroatoms. The molecule has 110 valence electrons. The Morgan fingerprint density at radius 3 is 2.64 bits per heavy atom. The number of halogens is 1. The number of benzene rings is 2. The quantitative estimate of drug-likeness (QED) is 0.672. The summed E-state index contributed by atoms with van der Waals surface area (Å²) in [6.07, 6.45) is 1.30. The van der Waals surface area contributed by atoms with E-state index in [2.05, 4.69) is 4.98 Å². The Kier molecular flexibility index (Phi) is 3.78. The van der Waals surface area contributed by atoms with Gasteiger partial charge in [-0.05, 0) is 30.3 Å². The summed E-state index contributed by atoms with van der Waals surface area (Å²) in [5.74, 6) is -1.13. The van der Waals surface area contributed by atoms with Crippen molar-refractivity contribution in [2.24, 2.45) is 0 Å². The molecule has 0 saturated carbocycles. The monoisotopic (exact) mass is 297 g/mol. The number of Topliss-reactive ketones (excluding diaryl/α,β-unsaturated/α-hetero) is 2. The minimum Gasteiger partial charge on any atom is -0.443 e. The summed E-state index contributed by atoms with van der Waals surface area (Å²) in [6.45, 7) is 0. The van der Waals surface area contributed by atoms with Gasteiger partial charge in [0.1, 0.15) is 11.3 Å². The molecule has 0 saturated heterocycles. The predicted octanol–water partition coefficient (Wildman–Crippen LogP) is 3.81. The van der Waals surface area contributed by atoms with Crippen LogP contribution in [-0.4, -0.2) is 16.6 Å². The molecule has 0 bridgehead atoms. The Morgan fingerprint density at radius 1 is 1.05 bits per heavy atom. The van der Waals surface area contributed by atoms with Crippen molar-refractivity contribution < 1.29 is 18.4 Å². The number of carbonyl (C=O) groups excluding carboxylic acids is 2. The highest BCUT2D eigenvalue weighted by molar-refractivity contribution is 6.03. The van der Waals surface area contributed by atoms with Crippen molar-refractivity contribution >= 4 is 22.7 Å². The third kappa shape index (κ3) is 2.79. The Morgan fingerprint density at radius 2 is 1.82 bits per heavy atom. The Bertz CT molecular complexity index is 854. The van der Waals surface area contributed by atoms with Crippen LogP contribution < -0.4 is 0 Å². The van der Waals surface area contributed by atoms with Crippen LogP contribution in [0.15, 0.2) is 53.3 Å². The van der Waals surface area contributed by atoms with Crippen LogP contribution in [0.2, 0.25) is 0 Å². The van der Waals surface area contributed by atoms with E-state index in [0.717, 1.165) is 0 Å². The van der Waals surface area contributed by atoms with Crippen LogP contribution in [0.3, 0.4) is 0 Å². The number of aromatic nitrogens is 1. The molecule has 4 nitrogen and oxygen atoms in total. The number of oxazole rings is 1. The van der Waals surface area contributed by atoms with Gasteiger partial charge in [-0.2, -0.15) is 0 Å². The topological polar surface area (TPSA) is 60.2 Å². The number of ketones is 2. The van der Waals surface area contributed by atoms with Crippen LogP contribution in [0.5, 0.6) is 0 Å². The highest BCUT2D eigenvalue weighted by Crippen LogP contribution is 2.17. The zero-order valence-corrected chi connectivity index (χ0v) is 11.6. The number of nitrogens with zero attached hydrogens (tertiary/aromatic N) is 1. The van der Waals surface area contributed by atoms with Crippen molar-refractivity contribution in [1.82, 2.24) is 4.98 Å². The molecule has 22 heavy (non-hydrogen) atoms. The fourth-order valence-corrected chi connectivity index (χ4v) is 2.22. The van der Waals surface area contributed by atoms with Gasteiger partial charge < -0.3 is 4.42 Å². The van der Waals surface area contributed by atoms with Gasteiger partial charge in [0.15, 0.2) is 23.5 Å². The smallest absolute Gasteiger partial charge is 0.181 e. The summed E-state index contributed by atoms with van der Waals surface area (Å²) in [4.78, 5) is 28.1. The summed E-state index contributed by atoms with van der Waals surface area (Å²) in [7, 11) is 0. The lowest BCUT2D eigenvalue weighted by atomic mass is 10.0. The molecule has 2 aromatic carbocycles. The van der Waals surface area contributed by atoms with E-state index < -0.39 is 5.82 Å². The molecule has 0 N–H and O–H groups in total. The Hall–Kier alpha value is -2.82. The molecule has 0 unspecified atom stereocenters. The highest BCUT2D eigenvalue weighted by Gasteiger charge is 2.14. The number of rotatable bonds is 5. The summed E-state index contributed by atoms with van der Waals surface area (Å²) in [5, 5.41) is 0. The normalized spacial score (nSPS) is 10.8. The maximum Gasteiger partial charge on any atom is 0.181 e. The van der Waals surface area contributed by atoms with Crippen LogP contribution in [0.25, 0.3) is 11.1 Å². The van der Waals surface area contributed by atoms with E-state index in [1.54, 1.807) is 24.3 Å². The van der Waals surface area contributed by atoms with Crippen LogP contribution >= 0.6 is 0 Å². The number of hydrogen-bond donors (Lipinski definition) is 0. The van der Waals surface area contributed by atoms with E-state index >= 15 is 0 Å². The molecule has 3 rings (SSSR count). The summed E-state index contributed by atoms with van der Waals surface area (Å²) in [6, 6.07) is 10.7. The zero-order valence-electron chi connectivity index (χ0n) is 11.6. The predicted molar refractivity (Wildman–Crippen MR) is 78.3 cm³/mol. The molecule has 0 aliphatic heterocycles. The third-order valence-electron chi connectivity index (χ3n) is 3.41. The van der Waals surface area contributed by atoms with E-state index in [4.69, 9.17) is 4.42 Å². The lowest BCUT2D eigenvalue weighted by Crippen LogP contribution is -2.06. The first-order chi connectivity index (χ1) is 10.6. The van der Waals surface area contributed by atoms with Gasteiger partial charge in [-0.15, -0.1) is 0 Å². The number of fused-ring (bicyclic) bond motifs is 1. The average molecular weight is 297 g/mol. The summed E-state index contributed by atoms with van der Waals surface area (Å²) < 4.78 is 18.6. The average Bonchev–Trinajstić information content (AvgIpc) is 3.00. The Labute approximate surface area is 125 Å². The minimum absolute atomic E-state index is 0.0160. The van der Waals surface area contributed by atoms with Crippen molar-refractivity contribution in [2.45, 2.75) is 12.8 Å². The number of hydrogen-bond acceptors (Lipinski definition) is 4. The maximum absolute atomic E-state index is 13.5. The molecule has 0 radical (unpaired) electrons. The first-order valence-corrected chi connectivity index (χ1v) is 6.79. The van der Waals surface area contributed by atoms with Gasteiger partial charge >= 0.3 is 0 Å². The van der Waals surface area contributed by atoms with Gasteiger partial charge in [0, 0.05) is 18.4 Å². The maximum atomic E-state index is 13.5. The first kappa shape index (κ1) is 14.1. The second-order valence-electron chi connectivity index (χ2n) is 4.86. The van der Waals surface area contributed by atoms with Gasteiger partial charge in [-0.25, -0.2) is 9.37 Å². The lowest BCUT2D eigenvalue weighted by Gasteiger charge is -2.03. The van der Waals surface area contributed by atoms with E-state index in [-0.39, 0.29) is 30.0 Å². The fraction of sp³-hybridized carbons (Fsp3) is 0.118. The largest absolute Gasteiger partial charge is 0.443 e. The van der Waals surface area contributed by atoms with Gasteiger partial charge in [0.05, 0.1) is 5.56 Å². The van der Waals surface area contributed by atoms with Crippen LogP contribution in [0.1, 0.15) is 33.6 Å². The molecule has 0 spiro atoms. The van der Waals surface area contributed by atoms with Gasteiger partial charge in [-0.3, -0.25) is 9.59 Å². The van der Waals surface area contributed by atoms with Crippen molar-refractivity contribution in [3.8, 4) is 0 Å². The van der Waals surface area contributed by atoms with E-state index in [1.165, 1.54) is 24.6 Å². The number of carbonyl (C=O) groups is 2. The van der Waals surface area contributed by atoms with Crippen LogP contribution in [0.4, 0.5) is 4.39 Å². The molecular weight excluding hydrogens is 285 g/mol. The van der Waals surface area contributed by atoms with Crippen LogP contribution in [0, 0.1) is 5.82 Å². The zero-order chi connectivity index (χ0) is 15.5. The standard InChI is InChI=1S/C17H12FNO3/c18-13-4-2-1-3-12(13)16(21)7-6-15(20)11-5-8-17-14(9-11)19-10-22-17/h1-5,8-10H,6-7H2. The van der Waals surface area contributed by atoms with Crippen molar-refractivity contribution in [2.75, 3.05) is 0 Å². The molecule has 0 aliphatic carbocycles. The molecule has 0 aliphatic rings. The van der Waals surface area contributed by atoms with Gasteiger partial charge in [0.25, 0.3) is 0 Å². The second kappa shape index (κ2) is 5.89. The van der Waals surface area contributed by atoms with Crippen molar-refractivity contribution in [1.29, 1.82) is 0 Å². The van der Waals surface area contributed by atoms with Crippen molar-refractivity contribution in [3.63, 3.8) is 0 Å². The van der Waals surface area contributed by atoms with E-state index in [1.807, 2.05) is 0 Å². The minimum atomic E-state index is -0.566. The lowest BCUT2D eigenvalue weighted by molar-refractivity contribution is 0.0915. The summed E-state index contributed by atoms with van der Waals surface area (Å²) in [5.41, 5.74) is 1.66. The molecule has 0 atom stereocenters. The molecule has 3 aromatic rings. The fourth-order valence-electron chi connectivity index (χ4n) is 2.22. The van der Waals surface area contributed by atoms with Crippen LogP contribution in [-0.2, 0) is 0 Å². The Balaban J connectivity index is 1.69. The summed E-state index contributed by atoms with van der Waals surface area (Å²) >= 11 is 0. The van der Waals surface area contributed by atoms with Crippen molar-refractivity contribution in [3.05, 3.63) is 65.8 Å². The molecule has 0 fully saturated rings. The van der Waals surface area contributed by atoms with Gasteiger partial charge in [0.2, 0.25) is 0 Å². The molecular formula is C17H12FNO3. The van der Waals surface area contributed by atoms with E-state index in [0.29, 0.717) is 16.7 Å². The second-order valence-corrected chi connectivity index (χ2v) is 4.86. The molecule has 1 heterocycles. The van der Waals surface area contributed by atoms with E-state index in [9.17, 15) is 14.0 Å². The highest BCUT2D eigenvalue weighted by atomic mass is 19.1. The first-order valence-electron chi connectivity index (χ1n) is 6.79. The molecule has 0 amide bonds. The third-order valence-corrected chi connectivity index (χ3v) is 3.41. The SMILES string of the molecule is O=C(CCC(=O)c1ccccc1F)c1ccc2ocnc2c1. The van der Waals surface area contributed by atoms with Gasteiger partial charge in [-0.1, -0.05) is 12.1 Å².